The van der Waals surface area contributed by atoms with Crippen molar-refractivity contribution in [2.24, 2.45) is 0 Å². The summed E-state index contributed by atoms with van der Waals surface area (Å²) in [5, 5.41) is 29.3. The molecule has 112 valence electrons. The number of hydrogen-bond donors (Lipinski definition) is 2. The number of benzene rings is 1. The Balaban J connectivity index is 2.33. The Kier molecular flexibility index (Phi) is 4.10. The van der Waals surface area contributed by atoms with E-state index < -0.39 is 34.6 Å². The maximum Gasteiger partial charge on any atom is 0.326 e. The highest BCUT2D eigenvalue weighted by atomic mass is 35.5. The maximum absolute atomic E-state index is 12.3. The summed E-state index contributed by atoms with van der Waals surface area (Å²) >= 11 is 5.66. The second-order valence-electron chi connectivity index (χ2n) is 4.62. The molecule has 0 aliphatic carbocycles. The summed E-state index contributed by atoms with van der Waals surface area (Å²) in [6.45, 7) is -0.133. The number of rotatable bonds is 3. The van der Waals surface area contributed by atoms with E-state index in [1.165, 1.54) is 12.1 Å². The molecule has 9 heteroatoms. The van der Waals surface area contributed by atoms with Crippen molar-refractivity contribution in [3.05, 3.63) is 38.9 Å². The molecule has 2 unspecified atom stereocenters. The lowest BCUT2D eigenvalue weighted by molar-refractivity contribution is -0.384. The van der Waals surface area contributed by atoms with Gasteiger partial charge in [0.1, 0.15) is 11.1 Å². The van der Waals surface area contributed by atoms with Crippen molar-refractivity contribution in [3.63, 3.8) is 0 Å². The number of hydrogen-bond acceptors (Lipinski definition) is 5. The summed E-state index contributed by atoms with van der Waals surface area (Å²) in [6, 6.07) is 2.33. The Hall–Kier alpha value is -2.19. The molecule has 21 heavy (non-hydrogen) atoms. The van der Waals surface area contributed by atoms with Gasteiger partial charge in [-0.05, 0) is 12.1 Å². The van der Waals surface area contributed by atoms with E-state index in [4.69, 9.17) is 16.7 Å². The van der Waals surface area contributed by atoms with Gasteiger partial charge in [0.25, 0.3) is 11.6 Å². The van der Waals surface area contributed by atoms with Gasteiger partial charge in [-0.2, -0.15) is 0 Å². The second kappa shape index (κ2) is 5.66. The minimum Gasteiger partial charge on any atom is -0.480 e. The van der Waals surface area contributed by atoms with Gasteiger partial charge in [0.15, 0.2) is 0 Å². The van der Waals surface area contributed by atoms with Crippen LogP contribution in [0.2, 0.25) is 5.02 Å². The highest BCUT2D eigenvalue weighted by molar-refractivity contribution is 6.32. The number of aliphatic hydroxyl groups is 1. The number of carboxylic acid groups (broad SMARTS) is 1. The molecule has 2 atom stereocenters. The number of nitro groups is 1. The molecule has 1 aliphatic rings. The average molecular weight is 315 g/mol. The number of nitrogens with zero attached hydrogens (tertiary/aromatic N) is 2. The molecule has 2 N–H and O–H groups in total. The molecule has 0 spiro atoms. The van der Waals surface area contributed by atoms with Crippen LogP contribution in [-0.4, -0.2) is 50.6 Å². The molecule has 0 saturated carbocycles. The molecule has 8 nitrogen and oxygen atoms in total. The molecule has 0 aromatic heterocycles. The zero-order valence-corrected chi connectivity index (χ0v) is 11.4. The Morgan fingerprint density at radius 3 is 2.67 bits per heavy atom. The van der Waals surface area contributed by atoms with Gasteiger partial charge in [-0.1, -0.05) is 11.6 Å². The first-order valence-corrected chi connectivity index (χ1v) is 6.35. The lowest BCUT2D eigenvalue weighted by Gasteiger charge is -2.21. The minimum absolute atomic E-state index is 0.0496. The molecular weight excluding hydrogens is 304 g/mol. The second-order valence-corrected chi connectivity index (χ2v) is 5.03. The van der Waals surface area contributed by atoms with Crippen LogP contribution in [-0.2, 0) is 4.79 Å². The molecule has 0 bridgehead atoms. The Labute approximate surface area is 123 Å². The lowest BCUT2D eigenvalue weighted by Crippen LogP contribution is -2.40. The Bertz CT molecular complexity index is 620. The molecule has 0 radical (unpaired) electrons. The predicted octanol–water partition coefficient (Wildman–Crippen LogP) is 0.908. The summed E-state index contributed by atoms with van der Waals surface area (Å²) in [5.41, 5.74) is -0.486. The van der Waals surface area contributed by atoms with Gasteiger partial charge in [0, 0.05) is 24.6 Å². The van der Waals surface area contributed by atoms with E-state index in [0.717, 1.165) is 11.0 Å². The summed E-state index contributed by atoms with van der Waals surface area (Å²) < 4.78 is 0. The van der Waals surface area contributed by atoms with Crippen molar-refractivity contribution >= 4 is 29.2 Å². The third-order valence-corrected chi connectivity index (χ3v) is 3.53. The van der Waals surface area contributed by atoms with Crippen LogP contribution < -0.4 is 0 Å². The number of aliphatic carboxylic acids is 1. The van der Waals surface area contributed by atoms with Gasteiger partial charge >= 0.3 is 5.97 Å². The van der Waals surface area contributed by atoms with Gasteiger partial charge in [0.2, 0.25) is 0 Å². The highest BCUT2D eigenvalue weighted by Crippen LogP contribution is 2.27. The first-order chi connectivity index (χ1) is 9.81. The molecular formula is C12H11ClN2O6. The van der Waals surface area contributed by atoms with Crippen molar-refractivity contribution in [1.29, 1.82) is 0 Å². The number of β-amino-alcohol motifs (C(OH)–C–C–N with tert-alkyl or cyclic N) is 1. The Morgan fingerprint density at radius 2 is 2.10 bits per heavy atom. The smallest absolute Gasteiger partial charge is 0.326 e. The maximum atomic E-state index is 12.3. The van der Waals surface area contributed by atoms with Gasteiger partial charge in [-0.3, -0.25) is 14.9 Å². The van der Waals surface area contributed by atoms with Crippen LogP contribution in [0, 0.1) is 10.1 Å². The molecule has 1 saturated heterocycles. The zero-order chi connectivity index (χ0) is 15.7. The molecule has 1 aliphatic heterocycles. The number of carbonyl (C=O) groups excluding carboxylic acids is 1. The lowest BCUT2D eigenvalue weighted by atomic mass is 10.1. The largest absolute Gasteiger partial charge is 0.480 e. The highest BCUT2D eigenvalue weighted by Gasteiger charge is 2.39. The van der Waals surface area contributed by atoms with E-state index in [1.54, 1.807) is 0 Å². The summed E-state index contributed by atoms with van der Waals surface area (Å²) in [4.78, 5) is 34.4. The third-order valence-electron chi connectivity index (χ3n) is 3.21. The number of halogens is 1. The molecule has 1 amide bonds. The Morgan fingerprint density at radius 1 is 1.43 bits per heavy atom. The topological polar surface area (TPSA) is 121 Å². The first-order valence-electron chi connectivity index (χ1n) is 5.97. The van der Waals surface area contributed by atoms with Gasteiger partial charge < -0.3 is 15.1 Å². The predicted molar refractivity (Wildman–Crippen MR) is 71.2 cm³/mol. The monoisotopic (exact) mass is 314 g/mol. The van der Waals surface area contributed by atoms with E-state index in [0.29, 0.717) is 0 Å². The number of likely N-dealkylation sites (tertiary alicyclic amines) is 1. The van der Waals surface area contributed by atoms with Gasteiger partial charge in [-0.25, -0.2) is 4.79 Å². The number of carboxylic acids is 1. The summed E-state index contributed by atoms with van der Waals surface area (Å²) in [7, 11) is 0. The quantitative estimate of drug-likeness (QED) is 0.631. The van der Waals surface area contributed by atoms with Crippen LogP contribution in [0.1, 0.15) is 16.8 Å². The number of amides is 1. The standard InChI is InChI=1S/C12H11ClN2O6/c13-8-2-1-6(3-9(8)15(20)21)11(17)14-5-7(16)4-10(14)12(18)19/h1-3,7,10,16H,4-5H2,(H,18,19). The fourth-order valence-corrected chi connectivity index (χ4v) is 2.41. The zero-order valence-electron chi connectivity index (χ0n) is 10.6. The van der Waals surface area contributed by atoms with Crippen molar-refractivity contribution in [3.8, 4) is 0 Å². The van der Waals surface area contributed by atoms with Crippen LogP contribution in [0.5, 0.6) is 0 Å². The number of aliphatic hydroxyl groups excluding tert-OH is 1. The van der Waals surface area contributed by atoms with Gasteiger partial charge in [-0.15, -0.1) is 0 Å². The number of carbonyl (C=O) groups is 2. The van der Waals surface area contributed by atoms with Crippen LogP contribution >= 0.6 is 11.6 Å². The number of nitro benzene ring substituents is 1. The molecule has 1 aromatic carbocycles. The molecule has 1 fully saturated rings. The summed E-state index contributed by atoms with van der Waals surface area (Å²) in [5.74, 6) is -1.93. The molecule has 2 rings (SSSR count). The minimum atomic E-state index is -1.23. The first kappa shape index (κ1) is 15.2. The van der Waals surface area contributed by atoms with E-state index >= 15 is 0 Å². The molecule has 1 aromatic rings. The van der Waals surface area contributed by atoms with Crippen LogP contribution in [0.15, 0.2) is 18.2 Å². The third kappa shape index (κ3) is 2.96. The van der Waals surface area contributed by atoms with Gasteiger partial charge in [0.05, 0.1) is 11.0 Å². The summed E-state index contributed by atoms with van der Waals surface area (Å²) in [6.07, 6.45) is -1.01. The van der Waals surface area contributed by atoms with Crippen LogP contribution in [0.4, 0.5) is 5.69 Å². The van der Waals surface area contributed by atoms with Crippen molar-refractivity contribution < 1.29 is 24.7 Å². The van der Waals surface area contributed by atoms with Crippen LogP contribution in [0.25, 0.3) is 0 Å². The van der Waals surface area contributed by atoms with Crippen LogP contribution in [0.3, 0.4) is 0 Å². The van der Waals surface area contributed by atoms with Crippen molar-refractivity contribution in [2.75, 3.05) is 6.54 Å². The van der Waals surface area contributed by atoms with E-state index in [9.17, 15) is 24.8 Å². The fraction of sp³-hybridized carbons (Fsp3) is 0.333. The fourth-order valence-electron chi connectivity index (χ4n) is 2.22. The average Bonchev–Trinajstić information content (AvgIpc) is 2.80. The van der Waals surface area contributed by atoms with E-state index in [2.05, 4.69) is 0 Å². The van der Waals surface area contributed by atoms with Crippen molar-refractivity contribution in [2.45, 2.75) is 18.6 Å². The van der Waals surface area contributed by atoms with E-state index in [1.807, 2.05) is 0 Å². The van der Waals surface area contributed by atoms with E-state index in [-0.39, 0.29) is 23.6 Å². The molecule has 1 heterocycles. The normalized spacial score (nSPS) is 21.3. The SMILES string of the molecule is O=C(O)C1CC(O)CN1C(=O)c1ccc(Cl)c([N+](=O)[O-])c1. The van der Waals surface area contributed by atoms with Crippen molar-refractivity contribution in [1.82, 2.24) is 4.90 Å².